The van der Waals surface area contributed by atoms with E-state index in [9.17, 15) is 5.11 Å². The van der Waals surface area contributed by atoms with Crippen LogP contribution in [0.1, 0.15) is 43.0 Å². The number of likely N-dealkylation sites (tertiary alicyclic amines) is 1. The zero-order chi connectivity index (χ0) is 11.8. The first-order chi connectivity index (χ1) is 8.25. The standard InChI is InChI=1S/C14H22N2O/c1-15-8-3-4-11(15)10-16-9-7-12-13(16)5-2-6-14(12)17/h7,9,11,14,17H,2-6,8,10H2,1H3. The van der Waals surface area contributed by atoms with Crippen molar-refractivity contribution in [3.8, 4) is 0 Å². The molecule has 2 aliphatic rings. The molecule has 1 saturated heterocycles. The molecule has 2 unspecified atom stereocenters. The third kappa shape index (κ3) is 2.02. The number of nitrogens with zero attached hydrogens (tertiary/aromatic N) is 2. The second kappa shape index (κ2) is 4.46. The molecule has 1 aliphatic carbocycles. The Bertz CT molecular complexity index is 399. The number of hydrogen-bond donors (Lipinski definition) is 1. The Morgan fingerprint density at radius 1 is 1.35 bits per heavy atom. The highest BCUT2D eigenvalue weighted by Crippen LogP contribution is 2.31. The van der Waals surface area contributed by atoms with Crippen LogP contribution in [0.2, 0.25) is 0 Å². The van der Waals surface area contributed by atoms with E-state index in [1.54, 1.807) is 0 Å². The van der Waals surface area contributed by atoms with Gasteiger partial charge < -0.3 is 14.6 Å². The molecule has 3 heteroatoms. The SMILES string of the molecule is CN1CCCC1Cn1ccc2c1CCCC2O. The third-order valence-corrected chi connectivity index (χ3v) is 4.44. The van der Waals surface area contributed by atoms with Gasteiger partial charge in [-0.1, -0.05) is 0 Å². The number of hydrogen-bond acceptors (Lipinski definition) is 2. The Hall–Kier alpha value is -0.800. The van der Waals surface area contributed by atoms with Gasteiger partial charge in [0.25, 0.3) is 0 Å². The Kier molecular flexibility index (Phi) is 2.97. The van der Waals surface area contributed by atoms with Gasteiger partial charge >= 0.3 is 0 Å². The van der Waals surface area contributed by atoms with Crippen molar-refractivity contribution in [3.63, 3.8) is 0 Å². The van der Waals surface area contributed by atoms with Gasteiger partial charge in [-0.05, 0) is 51.8 Å². The van der Waals surface area contributed by atoms with E-state index < -0.39 is 0 Å². The summed E-state index contributed by atoms with van der Waals surface area (Å²) in [6.07, 6.45) is 7.78. The zero-order valence-electron chi connectivity index (χ0n) is 10.6. The minimum absolute atomic E-state index is 0.221. The summed E-state index contributed by atoms with van der Waals surface area (Å²) in [6, 6.07) is 2.80. The summed E-state index contributed by atoms with van der Waals surface area (Å²) in [5.74, 6) is 0. The van der Waals surface area contributed by atoms with Crippen LogP contribution in [0, 0.1) is 0 Å². The van der Waals surface area contributed by atoms with Crippen molar-refractivity contribution < 1.29 is 5.11 Å². The molecule has 0 radical (unpaired) electrons. The number of aliphatic hydroxyl groups is 1. The lowest BCUT2D eigenvalue weighted by atomic mass is 9.95. The number of fused-ring (bicyclic) bond motifs is 1. The highest BCUT2D eigenvalue weighted by molar-refractivity contribution is 5.27. The van der Waals surface area contributed by atoms with E-state index in [0.717, 1.165) is 25.8 Å². The number of aliphatic hydroxyl groups excluding tert-OH is 1. The Morgan fingerprint density at radius 2 is 2.24 bits per heavy atom. The maximum atomic E-state index is 9.96. The molecule has 0 saturated carbocycles. The molecule has 17 heavy (non-hydrogen) atoms. The van der Waals surface area contributed by atoms with Gasteiger partial charge in [0.15, 0.2) is 0 Å². The molecule has 2 atom stereocenters. The average Bonchev–Trinajstić information content (AvgIpc) is 2.89. The van der Waals surface area contributed by atoms with Gasteiger partial charge in [-0.3, -0.25) is 0 Å². The van der Waals surface area contributed by atoms with Gasteiger partial charge in [0.1, 0.15) is 0 Å². The van der Waals surface area contributed by atoms with E-state index >= 15 is 0 Å². The summed E-state index contributed by atoms with van der Waals surface area (Å²) < 4.78 is 2.38. The Labute approximate surface area is 103 Å². The van der Waals surface area contributed by atoms with Crippen molar-refractivity contribution in [2.24, 2.45) is 0 Å². The van der Waals surface area contributed by atoms with Crippen molar-refractivity contribution in [2.45, 2.75) is 50.8 Å². The summed E-state index contributed by atoms with van der Waals surface area (Å²) >= 11 is 0. The van der Waals surface area contributed by atoms with Crippen LogP contribution in [0.25, 0.3) is 0 Å². The second-order valence-electron chi connectivity index (χ2n) is 5.55. The van der Waals surface area contributed by atoms with E-state index in [1.165, 1.54) is 30.6 Å². The molecule has 1 aromatic rings. The predicted molar refractivity (Wildman–Crippen MR) is 68.0 cm³/mol. The first-order valence-electron chi connectivity index (χ1n) is 6.82. The van der Waals surface area contributed by atoms with E-state index in [-0.39, 0.29) is 6.10 Å². The number of rotatable bonds is 2. The van der Waals surface area contributed by atoms with Crippen LogP contribution >= 0.6 is 0 Å². The number of aromatic nitrogens is 1. The van der Waals surface area contributed by atoms with Crippen LogP contribution < -0.4 is 0 Å². The zero-order valence-corrected chi connectivity index (χ0v) is 10.6. The van der Waals surface area contributed by atoms with E-state index in [4.69, 9.17) is 0 Å². The fourth-order valence-electron chi connectivity index (χ4n) is 3.34. The van der Waals surface area contributed by atoms with Crippen molar-refractivity contribution in [1.82, 2.24) is 9.47 Å². The number of likely N-dealkylation sites (N-methyl/N-ethyl adjacent to an activating group) is 1. The highest BCUT2D eigenvalue weighted by Gasteiger charge is 2.25. The maximum Gasteiger partial charge on any atom is 0.0807 e. The minimum Gasteiger partial charge on any atom is -0.388 e. The van der Waals surface area contributed by atoms with Crippen LogP contribution in [-0.4, -0.2) is 34.2 Å². The van der Waals surface area contributed by atoms with Crippen LogP contribution in [0.3, 0.4) is 0 Å². The lowest BCUT2D eigenvalue weighted by molar-refractivity contribution is 0.155. The molecule has 0 bridgehead atoms. The third-order valence-electron chi connectivity index (χ3n) is 4.44. The molecule has 2 heterocycles. The molecule has 1 aromatic heterocycles. The van der Waals surface area contributed by atoms with E-state index in [2.05, 4.69) is 28.8 Å². The summed E-state index contributed by atoms with van der Waals surface area (Å²) in [5, 5.41) is 9.96. The monoisotopic (exact) mass is 234 g/mol. The van der Waals surface area contributed by atoms with Crippen LogP contribution in [0.15, 0.2) is 12.3 Å². The highest BCUT2D eigenvalue weighted by atomic mass is 16.3. The fourth-order valence-corrected chi connectivity index (χ4v) is 3.34. The quantitative estimate of drug-likeness (QED) is 0.847. The topological polar surface area (TPSA) is 28.4 Å². The van der Waals surface area contributed by atoms with Gasteiger partial charge in [0.05, 0.1) is 6.10 Å². The molecular formula is C14H22N2O. The van der Waals surface area contributed by atoms with Crippen molar-refractivity contribution in [2.75, 3.05) is 13.6 Å². The normalized spacial score (nSPS) is 29.5. The smallest absolute Gasteiger partial charge is 0.0807 e. The van der Waals surface area contributed by atoms with Gasteiger partial charge in [-0.25, -0.2) is 0 Å². The Balaban J connectivity index is 1.79. The molecular weight excluding hydrogens is 212 g/mol. The predicted octanol–water partition coefficient (Wildman–Crippen LogP) is 1.95. The molecule has 3 nitrogen and oxygen atoms in total. The molecule has 0 amide bonds. The molecule has 94 valence electrons. The molecule has 1 fully saturated rings. The van der Waals surface area contributed by atoms with Gasteiger partial charge in [0, 0.05) is 30.0 Å². The second-order valence-corrected chi connectivity index (χ2v) is 5.55. The van der Waals surface area contributed by atoms with Gasteiger partial charge in [0.2, 0.25) is 0 Å². The lowest BCUT2D eigenvalue weighted by Crippen LogP contribution is -2.30. The fraction of sp³-hybridized carbons (Fsp3) is 0.714. The van der Waals surface area contributed by atoms with E-state index in [1.807, 2.05) is 0 Å². The first kappa shape index (κ1) is 11.3. The maximum absolute atomic E-state index is 9.96. The summed E-state index contributed by atoms with van der Waals surface area (Å²) in [7, 11) is 2.22. The molecule has 3 rings (SSSR count). The first-order valence-corrected chi connectivity index (χ1v) is 6.82. The summed E-state index contributed by atoms with van der Waals surface area (Å²) in [5.41, 5.74) is 2.56. The van der Waals surface area contributed by atoms with Gasteiger partial charge in [-0.15, -0.1) is 0 Å². The molecule has 1 N–H and O–H groups in total. The van der Waals surface area contributed by atoms with Crippen LogP contribution in [0.5, 0.6) is 0 Å². The molecule has 0 spiro atoms. The van der Waals surface area contributed by atoms with Crippen molar-refractivity contribution in [1.29, 1.82) is 0 Å². The van der Waals surface area contributed by atoms with Crippen LogP contribution in [0.4, 0.5) is 0 Å². The minimum atomic E-state index is -0.221. The van der Waals surface area contributed by atoms with Gasteiger partial charge in [-0.2, -0.15) is 0 Å². The van der Waals surface area contributed by atoms with Crippen molar-refractivity contribution in [3.05, 3.63) is 23.5 Å². The van der Waals surface area contributed by atoms with Crippen LogP contribution in [-0.2, 0) is 13.0 Å². The lowest BCUT2D eigenvalue weighted by Gasteiger charge is -2.24. The summed E-state index contributed by atoms with van der Waals surface area (Å²) in [6.45, 7) is 2.33. The van der Waals surface area contributed by atoms with Crippen molar-refractivity contribution >= 4 is 0 Å². The Morgan fingerprint density at radius 3 is 3.00 bits per heavy atom. The summed E-state index contributed by atoms with van der Waals surface area (Å²) in [4.78, 5) is 2.46. The molecule has 1 aliphatic heterocycles. The largest absolute Gasteiger partial charge is 0.388 e. The average molecular weight is 234 g/mol. The van der Waals surface area contributed by atoms with E-state index in [0.29, 0.717) is 6.04 Å². The molecule has 0 aromatic carbocycles.